The lowest BCUT2D eigenvalue weighted by atomic mass is 10.3. The van der Waals surface area contributed by atoms with Crippen molar-refractivity contribution in [1.82, 2.24) is 5.32 Å². The second-order valence-electron chi connectivity index (χ2n) is 4.98. The number of benzene rings is 1. The first-order valence-electron chi connectivity index (χ1n) is 7.07. The highest BCUT2D eigenvalue weighted by Crippen LogP contribution is 2.18. The molecule has 2 rings (SSSR count). The second kappa shape index (κ2) is 7.52. The van der Waals surface area contributed by atoms with Gasteiger partial charge in [-0.3, -0.25) is 9.59 Å². The minimum absolute atomic E-state index is 0.0663. The number of nitrogens with two attached hydrogens (primary N) is 1. The van der Waals surface area contributed by atoms with Gasteiger partial charge in [-0.25, -0.2) is 0 Å². The molecule has 6 heteroatoms. The number of carbonyl (C=O) groups excluding carboxylic acids is 2. The number of esters is 1. The molecule has 0 aromatic heterocycles. The van der Waals surface area contributed by atoms with Crippen molar-refractivity contribution < 1.29 is 19.1 Å². The molecule has 0 unspecified atom stereocenters. The summed E-state index contributed by atoms with van der Waals surface area (Å²) in [5, 5.41) is 2.83. The summed E-state index contributed by atoms with van der Waals surface area (Å²) in [7, 11) is 0. The maximum Gasteiger partial charge on any atom is 0.309 e. The molecule has 1 aromatic carbocycles. The highest BCUT2D eigenvalue weighted by Gasteiger charge is 2.22. The summed E-state index contributed by atoms with van der Waals surface area (Å²) in [5.74, 6) is 0.217. The van der Waals surface area contributed by atoms with E-state index in [2.05, 4.69) is 5.32 Å². The first kappa shape index (κ1) is 15.2. The summed E-state index contributed by atoms with van der Waals surface area (Å²) in [6.07, 6.45) is 2.46. The van der Waals surface area contributed by atoms with Gasteiger partial charge in [0.05, 0.1) is 19.4 Å². The molecule has 6 nitrogen and oxygen atoms in total. The number of rotatable bonds is 8. The third-order valence-electron chi connectivity index (χ3n) is 2.99. The SMILES string of the molecule is Nc1ccc(OCCC(=O)OCCC(=O)NC2CC2)cc1. The van der Waals surface area contributed by atoms with E-state index in [0.717, 1.165) is 12.8 Å². The molecular weight excluding hydrogens is 272 g/mol. The van der Waals surface area contributed by atoms with Gasteiger partial charge in [-0.15, -0.1) is 0 Å². The van der Waals surface area contributed by atoms with E-state index >= 15 is 0 Å². The lowest BCUT2D eigenvalue weighted by Gasteiger charge is -2.07. The first-order valence-corrected chi connectivity index (χ1v) is 7.07. The molecule has 0 radical (unpaired) electrons. The van der Waals surface area contributed by atoms with E-state index in [-0.39, 0.29) is 37.9 Å². The Morgan fingerprint density at radius 1 is 1.14 bits per heavy atom. The van der Waals surface area contributed by atoms with E-state index in [1.165, 1.54) is 0 Å². The average Bonchev–Trinajstić information content (AvgIpc) is 3.25. The van der Waals surface area contributed by atoms with Crippen molar-refractivity contribution in [3.05, 3.63) is 24.3 Å². The number of carbonyl (C=O) groups is 2. The fourth-order valence-electron chi connectivity index (χ4n) is 1.67. The van der Waals surface area contributed by atoms with Gasteiger partial charge in [-0.1, -0.05) is 0 Å². The monoisotopic (exact) mass is 292 g/mol. The van der Waals surface area contributed by atoms with Crippen molar-refractivity contribution in [3.63, 3.8) is 0 Å². The van der Waals surface area contributed by atoms with Crippen LogP contribution in [0.2, 0.25) is 0 Å². The molecule has 1 fully saturated rings. The zero-order chi connectivity index (χ0) is 15.1. The van der Waals surface area contributed by atoms with Crippen LogP contribution in [0, 0.1) is 0 Å². The molecule has 1 saturated carbocycles. The van der Waals surface area contributed by atoms with Gasteiger partial charge < -0.3 is 20.5 Å². The Kier molecular flexibility index (Phi) is 5.43. The number of amides is 1. The number of anilines is 1. The van der Waals surface area contributed by atoms with Crippen LogP contribution in [0.5, 0.6) is 5.75 Å². The van der Waals surface area contributed by atoms with Crippen molar-refractivity contribution in [2.45, 2.75) is 31.7 Å². The van der Waals surface area contributed by atoms with Crippen LogP contribution in [-0.4, -0.2) is 31.1 Å². The first-order chi connectivity index (χ1) is 10.1. The lowest BCUT2D eigenvalue weighted by molar-refractivity contribution is -0.144. The van der Waals surface area contributed by atoms with Crippen LogP contribution < -0.4 is 15.8 Å². The molecule has 0 saturated heterocycles. The van der Waals surface area contributed by atoms with E-state index in [0.29, 0.717) is 17.5 Å². The smallest absolute Gasteiger partial charge is 0.309 e. The van der Waals surface area contributed by atoms with Crippen molar-refractivity contribution >= 4 is 17.6 Å². The van der Waals surface area contributed by atoms with E-state index in [1.807, 2.05) is 0 Å². The Morgan fingerprint density at radius 2 is 1.86 bits per heavy atom. The van der Waals surface area contributed by atoms with Gasteiger partial charge in [-0.05, 0) is 37.1 Å². The van der Waals surface area contributed by atoms with E-state index in [1.54, 1.807) is 24.3 Å². The van der Waals surface area contributed by atoms with Gasteiger partial charge in [0.15, 0.2) is 0 Å². The number of nitrogen functional groups attached to an aromatic ring is 1. The number of hydrogen-bond donors (Lipinski definition) is 2. The Hall–Kier alpha value is -2.24. The van der Waals surface area contributed by atoms with Crippen LogP contribution in [0.25, 0.3) is 0 Å². The molecular formula is C15H20N2O4. The summed E-state index contributed by atoms with van der Waals surface area (Å²) in [4.78, 5) is 22.8. The highest BCUT2D eigenvalue weighted by atomic mass is 16.5. The molecule has 1 aromatic rings. The van der Waals surface area contributed by atoms with Crippen LogP contribution in [0.3, 0.4) is 0 Å². The quantitative estimate of drug-likeness (QED) is 0.556. The number of ether oxygens (including phenoxy) is 2. The van der Waals surface area contributed by atoms with Crippen LogP contribution in [0.4, 0.5) is 5.69 Å². The van der Waals surface area contributed by atoms with Crippen LogP contribution in [-0.2, 0) is 14.3 Å². The van der Waals surface area contributed by atoms with Gasteiger partial charge in [0.2, 0.25) is 5.91 Å². The molecule has 21 heavy (non-hydrogen) atoms. The Bertz CT molecular complexity index is 483. The molecule has 0 aliphatic heterocycles. The van der Waals surface area contributed by atoms with E-state index in [4.69, 9.17) is 15.2 Å². The zero-order valence-electron chi connectivity index (χ0n) is 11.8. The Labute approximate surface area is 123 Å². The van der Waals surface area contributed by atoms with Gasteiger partial charge in [-0.2, -0.15) is 0 Å². The molecule has 1 aliphatic rings. The second-order valence-corrected chi connectivity index (χ2v) is 4.98. The fourth-order valence-corrected chi connectivity index (χ4v) is 1.67. The summed E-state index contributed by atoms with van der Waals surface area (Å²) < 4.78 is 10.4. The summed E-state index contributed by atoms with van der Waals surface area (Å²) in [6.45, 7) is 0.344. The maximum absolute atomic E-state index is 11.4. The molecule has 0 atom stereocenters. The topological polar surface area (TPSA) is 90.7 Å². The Morgan fingerprint density at radius 3 is 2.52 bits per heavy atom. The molecule has 0 spiro atoms. The molecule has 1 amide bonds. The van der Waals surface area contributed by atoms with Crippen LogP contribution in [0.15, 0.2) is 24.3 Å². The largest absolute Gasteiger partial charge is 0.493 e. The molecule has 0 bridgehead atoms. The zero-order valence-corrected chi connectivity index (χ0v) is 11.8. The fraction of sp³-hybridized carbons (Fsp3) is 0.467. The molecule has 114 valence electrons. The molecule has 1 aliphatic carbocycles. The number of nitrogens with one attached hydrogen (secondary N) is 1. The van der Waals surface area contributed by atoms with Crippen molar-refractivity contribution in [2.75, 3.05) is 18.9 Å². The number of hydrogen-bond acceptors (Lipinski definition) is 5. The van der Waals surface area contributed by atoms with Gasteiger partial charge >= 0.3 is 5.97 Å². The average molecular weight is 292 g/mol. The third-order valence-corrected chi connectivity index (χ3v) is 2.99. The lowest BCUT2D eigenvalue weighted by Crippen LogP contribution is -2.26. The summed E-state index contributed by atoms with van der Waals surface area (Å²) in [6, 6.07) is 7.27. The van der Waals surface area contributed by atoms with Gasteiger partial charge in [0, 0.05) is 11.7 Å². The van der Waals surface area contributed by atoms with Gasteiger partial charge in [0.25, 0.3) is 0 Å². The van der Waals surface area contributed by atoms with Gasteiger partial charge in [0.1, 0.15) is 12.4 Å². The molecule has 0 heterocycles. The minimum Gasteiger partial charge on any atom is -0.493 e. The van der Waals surface area contributed by atoms with Crippen molar-refractivity contribution in [1.29, 1.82) is 0 Å². The van der Waals surface area contributed by atoms with Crippen molar-refractivity contribution in [2.24, 2.45) is 0 Å². The highest BCUT2D eigenvalue weighted by molar-refractivity contribution is 5.77. The van der Waals surface area contributed by atoms with Crippen molar-refractivity contribution in [3.8, 4) is 5.75 Å². The maximum atomic E-state index is 11.4. The minimum atomic E-state index is -0.371. The summed E-state index contributed by atoms with van der Waals surface area (Å²) in [5.41, 5.74) is 6.21. The van der Waals surface area contributed by atoms with Crippen LogP contribution in [0.1, 0.15) is 25.7 Å². The predicted molar refractivity (Wildman–Crippen MR) is 77.7 cm³/mol. The Balaban J connectivity index is 1.52. The normalized spacial score (nSPS) is 13.5. The third kappa shape index (κ3) is 6.16. The summed E-state index contributed by atoms with van der Waals surface area (Å²) >= 11 is 0. The molecule has 3 N–H and O–H groups in total. The predicted octanol–water partition coefficient (Wildman–Crippen LogP) is 1.25. The van der Waals surface area contributed by atoms with E-state index < -0.39 is 0 Å². The van der Waals surface area contributed by atoms with E-state index in [9.17, 15) is 9.59 Å². The van der Waals surface area contributed by atoms with Crippen LogP contribution >= 0.6 is 0 Å². The standard InChI is InChI=1S/C15H20N2O4/c16-11-1-5-13(6-2-11)20-10-8-15(19)21-9-7-14(18)17-12-3-4-12/h1-2,5-6,12H,3-4,7-10,16H2,(H,17,18).